The Morgan fingerprint density at radius 2 is 1.74 bits per heavy atom. The van der Waals surface area contributed by atoms with Gasteiger partial charge >= 0.3 is 0 Å². The van der Waals surface area contributed by atoms with Gasteiger partial charge in [-0.3, -0.25) is 0 Å². The molecule has 0 aliphatic carbocycles. The second kappa shape index (κ2) is 6.33. The minimum absolute atomic E-state index is 0.0307. The van der Waals surface area contributed by atoms with Crippen LogP contribution in [0.15, 0.2) is 40.9 Å². The van der Waals surface area contributed by atoms with E-state index in [-0.39, 0.29) is 5.56 Å². The predicted molar refractivity (Wildman–Crippen MR) is 80.9 cm³/mol. The second-order valence-electron chi connectivity index (χ2n) is 4.08. The molecule has 100 valence electrons. The third kappa shape index (κ3) is 3.77. The maximum atomic E-state index is 13.8. The fraction of sp³-hybridized carbons (Fsp3) is 0.143. The van der Waals surface area contributed by atoms with Crippen LogP contribution in [-0.2, 0) is 6.42 Å². The van der Waals surface area contributed by atoms with Crippen LogP contribution in [0.5, 0.6) is 0 Å². The molecule has 0 fully saturated rings. The minimum Gasteiger partial charge on any atom is -0.207 e. The van der Waals surface area contributed by atoms with Crippen LogP contribution >= 0.6 is 43.5 Å². The number of rotatable bonds is 3. The highest BCUT2D eigenvalue weighted by Gasteiger charge is 2.19. The first-order valence-electron chi connectivity index (χ1n) is 5.50. The van der Waals surface area contributed by atoms with Crippen LogP contribution in [0, 0.1) is 11.6 Å². The van der Waals surface area contributed by atoms with Crippen LogP contribution in [0.2, 0.25) is 5.02 Å². The molecule has 0 N–H and O–H groups in total. The third-order valence-corrected chi connectivity index (χ3v) is 4.14. The largest absolute Gasteiger partial charge is 0.207 e. The van der Waals surface area contributed by atoms with E-state index < -0.39 is 16.5 Å². The average Bonchev–Trinajstić information content (AvgIpc) is 2.27. The van der Waals surface area contributed by atoms with E-state index in [9.17, 15) is 8.78 Å². The molecule has 1 unspecified atom stereocenters. The molecule has 0 heterocycles. The van der Waals surface area contributed by atoms with E-state index in [1.165, 1.54) is 12.1 Å². The summed E-state index contributed by atoms with van der Waals surface area (Å²) in [6.07, 6.45) is 0.454. The fourth-order valence-corrected chi connectivity index (χ4v) is 3.25. The average molecular weight is 410 g/mol. The quantitative estimate of drug-likeness (QED) is 0.540. The van der Waals surface area contributed by atoms with Crippen molar-refractivity contribution in [3.05, 3.63) is 68.7 Å². The van der Waals surface area contributed by atoms with Crippen LogP contribution < -0.4 is 0 Å². The van der Waals surface area contributed by atoms with E-state index in [4.69, 9.17) is 11.6 Å². The summed E-state index contributed by atoms with van der Waals surface area (Å²) in [5.41, 5.74) is 0.944. The first kappa shape index (κ1) is 14.9. The van der Waals surface area contributed by atoms with Crippen molar-refractivity contribution < 1.29 is 8.78 Å². The Morgan fingerprint density at radius 1 is 1.11 bits per heavy atom. The molecule has 0 spiro atoms. The standard InChI is InChI=1S/C14H9Br2ClF2/c15-9-6-12(18)14(13(19)7-9)11(16)5-8-2-1-3-10(17)4-8/h1-4,6-7,11H,5H2. The van der Waals surface area contributed by atoms with E-state index in [0.29, 0.717) is 15.9 Å². The molecule has 2 aromatic carbocycles. The van der Waals surface area contributed by atoms with Gasteiger partial charge in [0.15, 0.2) is 0 Å². The summed E-state index contributed by atoms with van der Waals surface area (Å²) in [4.78, 5) is -0.445. The zero-order valence-corrected chi connectivity index (χ0v) is 13.6. The molecule has 0 nitrogen and oxygen atoms in total. The van der Waals surface area contributed by atoms with Crippen LogP contribution in [0.1, 0.15) is 16.0 Å². The zero-order valence-electron chi connectivity index (χ0n) is 9.64. The molecule has 19 heavy (non-hydrogen) atoms. The van der Waals surface area contributed by atoms with Crippen molar-refractivity contribution in [2.75, 3.05) is 0 Å². The molecule has 0 bridgehead atoms. The van der Waals surface area contributed by atoms with Gasteiger partial charge in [0.1, 0.15) is 11.6 Å². The number of halogens is 5. The molecular weight excluding hydrogens is 401 g/mol. The van der Waals surface area contributed by atoms with Crippen molar-refractivity contribution in [1.29, 1.82) is 0 Å². The Balaban J connectivity index is 2.28. The van der Waals surface area contributed by atoms with Crippen molar-refractivity contribution in [2.24, 2.45) is 0 Å². The van der Waals surface area contributed by atoms with E-state index >= 15 is 0 Å². The van der Waals surface area contributed by atoms with Crippen LogP contribution in [0.4, 0.5) is 8.78 Å². The number of hydrogen-bond donors (Lipinski definition) is 0. The molecular formula is C14H9Br2ClF2. The normalized spacial score (nSPS) is 12.5. The third-order valence-electron chi connectivity index (χ3n) is 2.66. The predicted octanol–water partition coefficient (Wildman–Crippen LogP) is 6.06. The molecule has 1 atom stereocenters. The highest BCUT2D eigenvalue weighted by molar-refractivity contribution is 9.10. The lowest BCUT2D eigenvalue weighted by Crippen LogP contribution is -2.02. The summed E-state index contributed by atoms with van der Waals surface area (Å²) >= 11 is 12.3. The molecule has 0 amide bonds. The minimum atomic E-state index is -0.573. The van der Waals surface area contributed by atoms with Gasteiger partial charge in [-0.2, -0.15) is 0 Å². The van der Waals surface area contributed by atoms with Crippen molar-refractivity contribution >= 4 is 43.5 Å². The summed E-state index contributed by atoms with van der Waals surface area (Å²) in [6, 6.07) is 9.73. The van der Waals surface area contributed by atoms with Crippen molar-refractivity contribution in [1.82, 2.24) is 0 Å². The molecule has 0 saturated heterocycles. The topological polar surface area (TPSA) is 0 Å². The Kier molecular flexibility index (Phi) is 4.98. The summed E-state index contributed by atoms with van der Waals surface area (Å²) < 4.78 is 28.0. The fourth-order valence-electron chi connectivity index (χ4n) is 1.83. The monoisotopic (exact) mass is 408 g/mol. The summed E-state index contributed by atoms with van der Waals surface area (Å²) in [7, 11) is 0. The molecule has 0 aromatic heterocycles. The van der Waals surface area contributed by atoms with Gasteiger partial charge in [-0.1, -0.05) is 55.6 Å². The van der Waals surface area contributed by atoms with E-state index in [1.807, 2.05) is 12.1 Å². The van der Waals surface area contributed by atoms with Crippen LogP contribution in [0.3, 0.4) is 0 Å². The van der Waals surface area contributed by atoms with Gasteiger partial charge in [-0.05, 0) is 36.2 Å². The summed E-state index contributed by atoms with van der Waals surface area (Å²) in [6.45, 7) is 0. The lowest BCUT2D eigenvalue weighted by Gasteiger charge is -2.13. The van der Waals surface area contributed by atoms with E-state index in [1.54, 1.807) is 12.1 Å². The zero-order chi connectivity index (χ0) is 14.0. The lowest BCUT2D eigenvalue weighted by molar-refractivity contribution is 0.552. The van der Waals surface area contributed by atoms with Crippen LogP contribution in [-0.4, -0.2) is 0 Å². The number of benzene rings is 2. The van der Waals surface area contributed by atoms with E-state index in [2.05, 4.69) is 31.9 Å². The Labute approximate surface area is 132 Å². The second-order valence-corrected chi connectivity index (χ2v) is 6.54. The summed E-state index contributed by atoms with van der Waals surface area (Å²) in [5, 5.41) is 0.606. The molecule has 0 aliphatic heterocycles. The van der Waals surface area contributed by atoms with Gasteiger partial charge in [0, 0.05) is 19.9 Å². The van der Waals surface area contributed by atoms with Gasteiger partial charge in [-0.25, -0.2) is 8.78 Å². The first-order chi connectivity index (χ1) is 8.97. The van der Waals surface area contributed by atoms with Gasteiger partial charge in [0.05, 0.1) is 0 Å². The molecule has 0 radical (unpaired) electrons. The van der Waals surface area contributed by atoms with Crippen molar-refractivity contribution in [3.8, 4) is 0 Å². The lowest BCUT2D eigenvalue weighted by atomic mass is 10.0. The SMILES string of the molecule is Fc1cc(Br)cc(F)c1C(Br)Cc1cccc(Cl)c1. The van der Waals surface area contributed by atoms with Gasteiger partial charge in [0.25, 0.3) is 0 Å². The van der Waals surface area contributed by atoms with Crippen molar-refractivity contribution in [2.45, 2.75) is 11.2 Å². The van der Waals surface area contributed by atoms with Crippen molar-refractivity contribution in [3.63, 3.8) is 0 Å². The number of alkyl halides is 1. The Bertz CT molecular complexity index is 579. The van der Waals surface area contributed by atoms with Gasteiger partial charge < -0.3 is 0 Å². The molecule has 2 rings (SSSR count). The summed E-state index contributed by atoms with van der Waals surface area (Å²) in [5.74, 6) is -1.15. The Hall–Kier alpha value is -0.450. The maximum absolute atomic E-state index is 13.8. The number of hydrogen-bond acceptors (Lipinski definition) is 0. The van der Waals surface area contributed by atoms with E-state index in [0.717, 1.165) is 5.56 Å². The highest BCUT2D eigenvalue weighted by Crippen LogP contribution is 2.33. The smallest absolute Gasteiger partial charge is 0.131 e. The van der Waals surface area contributed by atoms with Gasteiger partial charge in [0.2, 0.25) is 0 Å². The molecule has 5 heteroatoms. The van der Waals surface area contributed by atoms with Gasteiger partial charge in [-0.15, -0.1) is 0 Å². The maximum Gasteiger partial charge on any atom is 0.131 e. The molecule has 2 aromatic rings. The highest BCUT2D eigenvalue weighted by atomic mass is 79.9. The molecule has 0 aliphatic rings. The van der Waals surface area contributed by atoms with Crippen LogP contribution in [0.25, 0.3) is 0 Å². The molecule has 0 saturated carbocycles. The first-order valence-corrected chi connectivity index (χ1v) is 7.59. The Morgan fingerprint density at radius 3 is 2.32 bits per heavy atom.